The highest BCUT2D eigenvalue weighted by Gasteiger charge is 2.46. The Morgan fingerprint density at radius 2 is 0.772 bits per heavy atom. The van der Waals surface area contributed by atoms with Crippen LogP contribution in [0.4, 0.5) is 0 Å². The molecule has 0 atom stereocenters. The van der Waals surface area contributed by atoms with Gasteiger partial charge in [0.2, 0.25) is 0 Å². The molecule has 1 aromatic heterocycles. The van der Waals surface area contributed by atoms with Crippen LogP contribution in [0.5, 0.6) is 0 Å². The molecule has 0 saturated heterocycles. The fourth-order valence-electron chi connectivity index (χ4n) is 8.47. The molecule has 1 heterocycles. The first-order chi connectivity index (χ1) is 28.2. The highest BCUT2D eigenvalue weighted by Crippen LogP contribution is 2.56. The average molecular weight is 748 g/mol. The quantitative estimate of drug-likeness (QED) is 0.145. The van der Waals surface area contributed by atoms with Crippen molar-refractivity contribution in [2.75, 3.05) is 6.26 Å². The van der Waals surface area contributed by atoms with Crippen molar-refractivity contribution in [1.29, 1.82) is 0 Å². The smallest absolute Gasteiger partial charge is 0.164 e. The lowest BCUT2D eigenvalue weighted by molar-refractivity contribution is 0.769. The molecule has 0 amide bonds. The molecule has 10 rings (SSSR count). The van der Waals surface area contributed by atoms with E-state index in [-0.39, 0.29) is 0 Å². The molecule has 0 spiro atoms. The summed E-state index contributed by atoms with van der Waals surface area (Å²) in [5.41, 5.74) is 14.9. The topological polar surface area (TPSA) is 38.7 Å². The molecule has 1 aliphatic rings. The number of fused-ring (bicyclic) bond motifs is 3. The maximum Gasteiger partial charge on any atom is 0.164 e. The van der Waals surface area contributed by atoms with E-state index in [0.717, 1.165) is 27.1 Å². The first-order valence-corrected chi connectivity index (χ1v) is 20.4. The van der Waals surface area contributed by atoms with Crippen LogP contribution in [0.3, 0.4) is 0 Å². The van der Waals surface area contributed by atoms with Gasteiger partial charge in [0.25, 0.3) is 0 Å². The van der Waals surface area contributed by atoms with E-state index >= 15 is 0 Å². The minimum absolute atomic E-state index is 0.429. The first kappa shape index (κ1) is 34.6. The Kier molecular flexibility index (Phi) is 8.89. The molecule has 4 heteroatoms. The van der Waals surface area contributed by atoms with E-state index in [1.807, 2.05) is 60.7 Å². The molecule has 270 valence electrons. The molecule has 0 saturated carbocycles. The van der Waals surface area contributed by atoms with E-state index in [0.29, 0.717) is 17.5 Å². The van der Waals surface area contributed by atoms with Crippen molar-refractivity contribution in [3.63, 3.8) is 0 Å². The van der Waals surface area contributed by atoms with E-state index in [2.05, 4.69) is 152 Å². The zero-order valence-electron chi connectivity index (χ0n) is 31.4. The standard InChI is InChI=1S/C53H37N3S/c1-57-49-35-41(52-55-50(38-16-6-2-7-17-38)54-51(56-52)39-18-8-3-9-19-39)31-32-44(49)37-28-26-36(27-29-37)40-30-33-46-45-24-14-15-25-47(45)53(48(46)34-40,42-20-10-4-11-21-42)43-22-12-5-13-23-43/h2-35H,1H3. The van der Waals surface area contributed by atoms with Crippen LogP contribution in [0.1, 0.15) is 22.3 Å². The Morgan fingerprint density at radius 1 is 0.333 bits per heavy atom. The van der Waals surface area contributed by atoms with Crippen LogP contribution in [-0.2, 0) is 5.41 Å². The maximum absolute atomic E-state index is 4.98. The van der Waals surface area contributed by atoms with E-state index < -0.39 is 5.41 Å². The molecule has 8 aromatic carbocycles. The van der Waals surface area contributed by atoms with Crippen LogP contribution < -0.4 is 0 Å². The highest BCUT2D eigenvalue weighted by molar-refractivity contribution is 7.98. The SMILES string of the molecule is CSc1cc(-c2nc(-c3ccccc3)nc(-c3ccccc3)n2)ccc1-c1ccc(-c2ccc3c(c2)C(c2ccccc2)(c2ccccc2)c2ccccc2-3)cc1. The molecule has 57 heavy (non-hydrogen) atoms. The Balaban J connectivity index is 1.03. The predicted octanol–water partition coefficient (Wildman–Crippen LogP) is 13.3. The van der Waals surface area contributed by atoms with Crippen molar-refractivity contribution in [3.8, 4) is 67.5 Å². The van der Waals surface area contributed by atoms with Crippen molar-refractivity contribution >= 4 is 11.8 Å². The summed E-state index contributed by atoms with van der Waals surface area (Å²) in [6, 6.07) is 73.7. The van der Waals surface area contributed by atoms with E-state index in [9.17, 15) is 0 Å². The number of hydrogen-bond donors (Lipinski definition) is 0. The summed E-state index contributed by atoms with van der Waals surface area (Å²) in [6.07, 6.45) is 2.13. The first-order valence-electron chi connectivity index (χ1n) is 19.2. The van der Waals surface area contributed by atoms with Gasteiger partial charge >= 0.3 is 0 Å². The van der Waals surface area contributed by atoms with Crippen LogP contribution in [-0.4, -0.2) is 21.2 Å². The molecule has 0 bridgehead atoms. The van der Waals surface area contributed by atoms with Gasteiger partial charge in [0.15, 0.2) is 17.5 Å². The lowest BCUT2D eigenvalue weighted by atomic mass is 9.67. The summed E-state index contributed by atoms with van der Waals surface area (Å²) in [5.74, 6) is 1.97. The number of hydrogen-bond acceptors (Lipinski definition) is 4. The average Bonchev–Trinajstić information content (AvgIpc) is 3.60. The Bertz CT molecular complexity index is 2760. The van der Waals surface area contributed by atoms with Crippen molar-refractivity contribution in [2.24, 2.45) is 0 Å². The fourth-order valence-corrected chi connectivity index (χ4v) is 9.12. The number of benzene rings is 8. The summed E-state index contributed by atoms with van der Waals surface area (Å²) in [5, 5.41) is 0. The van der Waals surface area contributed by atoms with Crippen molar-refractivity contribution < 1.29 is 0 Å². The van der Waals surface area contributed by atoms with Crippen molar-refractivity contribution in [1.82, 2.24) is 15.0 Å². The Labute approximate surface area is 337 Å². The van der Waals surface area contributed by atoms with Crippen molar-refractivity contribution in [2.45, 2.75) is 10.3 Å². The lowest BCUT2D eigenvalue weighted by Gasteiger charge is -2.34. The zero-order chi connectivity index (χ0) is 38.2. The fraction of sp³-hybridized carbons (Fsp3) is 0.0377. The summed E-state index contributed by atoms with van der Waals surface area (Å²) < 4.78 is 0. The van der Waals surface area contributed by atoms with E-state index in [4.69, 9.17) is 15.0 Å². The van der Waals surface area contributed by atoms with Gasteiger partial charge in [-0.2, -0.15) is 0 Å². The largest absolute Gasteiger partial charge is 0.208 e. The molecule has 0 aliphatic heterocycles. The summed E-state index contributed by atoms with van der Waals surface area (Å²) in [7, 11) is 0. The summed E-state index contributed by atoms with van der Waals surface area (Å²) in [4.78, 5) is 16.0. The van der Waals surface area contributed by atoms with Gasteiger partial charge in [-0.1, -0.05) is 194 Å². The number of aromatic nitrogens is 3. The molecule has 0 radical (unpaired) electrons. The number of nitrogens with zero attached hydrogens (tertiary/aromatic N) is 3. The third-order valence-electron chi connectivity index (χ3n) is 11.1. The van der Waals surface area contributed by atoms with Crippen LogP contribution in [0.2, 0.25) is 0 Å². The Hall–Kier alpha value is -6.88. The molecule has 1 aliphatic carbocycles. The van der Waals surface area contributed by atoms with E-state index in [1.165, 1.54) is 50.1 Å². The van der Waals surface area contributed by atoms with Crippen LogP contribution in [0, 0.1) is 0 Å². The minimum atomic E-state index is -0.429. The monoisotopic (exact) mass is 747 g/mol. The second-order valence-electron chi connectivity index (χ2n) is 14.3. The van der Waals surface area contributed by atoms with Gasteiger partial charge in [-0.3, -0.25) is 0 Å². The van der Waals surface area contributed by atoms with Gasteiger partial charge in [-0.25, -0.2) is 15.0 Å². The van der Waals surface area contributed by atoms with Crippen molar-refractivity contribution in [3.05, 3.63) is 229 Å². The molecule has 0 N–H and O–H groups in total. The lowest BCUT2D eigenvalue weighted by Crippen LogP contribution is -2.28. The molecule has 9 aromatic rings. The molecular weight excluding hydrogens is 711 g/mol. The summed E-state index contributed by atoms with van der Waals surface area (Å²) >= 11 is 1.73. The zero-order valence-corrected chi connectivity index (χ0v) is 32.2. The van der Waals surface area contributed by atoms with Gasteiger partial charge in [0.1, 0.15) is 0 Å². The molecule has 0 unspecified atom stereocenters. The second-order valence-corrected chi connectivity index (χ2v) is 15.2. The summed E-state index contributed by atoms with van der Waals surface area (Å²) in [6.45, 7) is 0. The van der Waals surface area contributed by atoms with Gasteiger partial charge in [0.05, 0.1) is 5.41 Å². The van der Waals surface area contributed by atoms with Crippen LogP contribution in [0.25, 0.3) is 67.5 Å². The van der Waals surface area contributed by atoms with Gasteiger partial charge in [-0.05, 0) is 74.0 Å². The number of rotatable bonds is 8. The van der Waals surface area contributed by atoms with Gasteiger partial charge in [0, 0.05) is 21.6 Å². The predicted molar refractivity (Wildman–Crippen MR) is 236 cm³/mol. The highest BCUT2D eigenvalue weighted by atomic mass is 32.2. The van der Waals surface area contributed by atoms with Crippen LogP contribution >= 0.6 is 11.8 Å². The molecular formula is C53H37N3S. The van der Waals surface area contributed by atoms with Crippen LogP contribution in [0.15, 0.2) is 211 Å². The number of thioether (sulfide) groups is 1. The van der Waals surface area contributed by atoms with Gasteiger partial charge < -0.3 is 0 Å². The molecule has 0 fully saturated rings. The third kappa shape index (κ3) is 6.06. The normalized spacial score (nSPS) is 12.5. The van der Waals surface area contributed by atoms with Gasteiger partial charge in [-0.15, -0.1) is 11.8 Å². The Morgan fingerprint density at radius 3 is 1.35 bits per heavy atom. The van der Waals surface area contributed by atoms with E-state index in [1.54, 1.807) is 11.8 Å². The second kappa shape index (κ2) is 14.6. The minimum Gasteiger partial charge on any atom is -0.208 e. The molecule has 3 nitrogen and oxygen atoms in total. The third-order valence-corrected chi connectivity index (χ3v) is 11.9. The maximum atomic E-state index is 4.98.